The number of nitrogens with zero attached hydrogens (tertiary/aromatic N) is 2. The third-order valence-electron chi connectivity index (χ3n) is 3.16. The molecule has 1 fully saturated rings. The van der Waals surface area contributed by atoms with Gasteiger partial charge in [-0.05, 0) is 25.3 Å². The number of carbonyl (C=O) groups is 1. The van der Waals surface area contributed by atoms with Gasteiger partial charge in [-0.1, -0.05) is 11.6 Å². The fraction of sp³-hybridized carbons (Fsp3) is 0.417. The van der Waals surface area contributed by atoms with Crippen molar-refractivity contribution in [2.75, 3.05) is 18.0 Å². The highest BCUT2D eigenvalue weighted by atomic mass is 35.5. The van der Waals surface area contributed by atoms with Gasteiger partial charge in [0.1, 0.15) is 5.69 Å². The molecule has 0 amide bonds. The Bertz CT molecular complexity index is 527. The maximum Gasteiger partial charge on any atom is 0.335 e. The molecule has 19 heavy (non-hydrogen) atoms. The van der Waals surface area contributed by atoms with Crippen LogP contribution in [0.15, 0.2) is 12.1 Å². The van der Waals surface area contributed by atoms with E-state index in [1.54, 1.807) is 0 Å². The average molecular weight is 285 g/mol. The average Bonchev–Trinajstić information content (AvgIpc) is 2.38. The van der Waals surface area contributed by atoms with E-state index in [0.29, 0.717) is 18.8 Å². The van der Waals surface area contributed by atoms with Gasteiger partial charge in [0.2, 0.25) is 0 Å². The van der Waals surface area contributed by atoms with Crippen LogP contribution in [0.2, 0.25) is 5.02 Å². The molecule has 1 aromatic carbocycles. The lowest BCUT2D eigenvalue weighted by atomic mass is 10.1. The number of benzene rings is 1. The summed E-state index contributed by atoms with van der Waals surface area (Å²) in [6.07, 6.45) is 3.00. The maximum atomic E-state index is 11.1. The Labute approximate surface area is 114 Å². The van der Waals surface area contributed by atoms with Crippen LogP contribution in [0.1, 0.15) is 29.6 Å². The van der Waals surface area contributed by atoms with Gasteiger partial charge in [-0.15, -0.1) is 0 Å². The molecular formula is C12H13ClN2O4. The first-order chi connectivity index (χ1) is 9.00. The summed E-state index contributed by atoms with van der Waals surface area (Å²) < 4.78 is 0. The molecule has 0 unspecified atom stereocenters. The van der Waals surface area contributed by atoms with E-state index < -0.39 is 10.9 Å². The number of piperidine rings is 1. The minimum Gasteiger partial charge on any atom is -0.478 e. The largest absolute Gasteiger partial charge is 0.478 e. The van der Waals surface area contributed by atoms with Gasteiger partial charge in [-0.25, -0.2) is 4.79 Å². The molecule has 1 heterocycles. The number of carboxylic acids is 1. The summed E-state index contributed by atoms with van der Waals surface area (Å²) >= 11 is 6.05. The van der Waals surface area contributed by atoms with Gasteiger partial charge < -0.3 is 10.0 Å². The Hall–Kier alpha value is -1.82. The highest BCUT2D eigenvalue weighted by Crippen LogP contribution is 2.38. The lowest BCUT2D eigenvalue weighted by molar-refractivity contribution is -0.384. The van der Waals surface area contributed by atoms with Crippen molar-refractivity contribution in [1.29, 1.82) is 0 Å². The summed E-state index contributed by atoms with van der Waals surface area (Å²) in [6, 6.07) is 2.33. The SMILES string of the molecule is O=C(O)c1cc(Cl)c(N2CCCCC2)c([N+](=O)[O-])c1. The van der Waals surface area contributed by atoms with Crippen LogP contribution in [-0.4, -0.2) is 29.1 Å². The molecule has 0 spiro atoms. The second-order valence-electron chi connectivity index (χ2n) is 4.44. The number of carboxylic acid groups (broad SMARTS) is 1. The molecule has 0 bridgehead atoms. The second kappa shape index (κ2) is 5.44. The number of anilines is 1. The van der Waals surface area contributed by atoms with E-state index in [1.807, 2.05) is 4.90 Å². The fourth-order valence-corrected chi connectivity index (χ4v) is 2.61. The zero-order valence-electron chi connectivity index (χ0n) is 10.1. The molecular weight excluding hydrogens is 272 g/mol. The van der Waals surface area contributed by atoms with E-state index in [4.69, 9.17) is 16.7 Å². The molecule has 7 heteroatoms. The Kier molecular flexibility index (Phi) is 3.90. The quantitative estimate of drug-likeness (QED) is 0.681. The number of hydrogen-bond acceptors (Lipinski definition) is 4. The summed E-state index contributed by atoms with van der Waals surface area (Å²) in [5, 5.41) is 20.2. The summed E-state index contributed by atoms with van der Waals surface area (Å²) in [5.41, 5.74) is -0.0828. The highest BCUT2D eigenvalue weighted by Gasteiger charge is 2.26. The van der Waals surface area contributed by atoms with Gasteiger partial charge in [-0.2, -0.15) is 0 Å². The van der Waals surface area contributed by atoms with Crippen LogP contribution >= 0.6 is 11.6 Å². The number of hydrogen-bond donors (Lipinski definition) is 1. The molecule has 102 valence electrons. The number of nitro benzene ring substituents is 1. The predicted octanol–water partition coefficient (Wildman–Crippen LogP) is 2.94. The van der Waals surface area contributed by atoms with Gasteiger partial charge >= 0.3 is 5.97 Å². The number of aromatic carboxylic acids is 1. The van der Waals surface area contributed by atoms with E-state index in [-0.39, 0.29) is 16.3 Å². The Morgan fingerprint density at radius 1 is 1.32 bits per heavy atom. The summed E-state index contributed by atoms with van der Waals surface area (Å²) in [4.78, 5) is 23.3. The normalized spacial score (nSPS) is 15.3. The molecule has 1 aliphatic rings. The zero-order chi connectivity index (χ0) is 14.0. The minimum absolute atomic E-state index is 0.119. The first-order valence-corrected chi connectivity index (χ1v) is 6.34. The van der Waals surface area contributed by atoms with Crippen LogP contribution in [0.4, 0.5) is 11.4 Å². The maximum absolute atomic E-state index is 11.1. The highest BCUT2D eigenvalue weighted by molar-refractivity contribution is 6.34. The minimum atomic E-state index is -1.23. The van der Waals surface area contributed by atoms with Crippen molar-refractivity contribution in [2.45, 2.75) is 19.3 Å². The topological polar surface area (TPSA) is 83.7 Å². The monoisotopic (exact) mass is 284 g/mol. The lowest BCUT2D eigenvalue weighted by Gasteiger charge is -2.29. The van der Waals surface area contributed by atoms with Crippen molar-refractivity contribution >= 4 is 28.9 Å². The van der Waals surface area contributed by atoms with Crippen molar-refractivity contribution in [3.8, 4) is 0 Å². The Morgan fingerprint density at radius 2 is 1.95 bits per heavy atom. The van der Waals surface area contributed by atoms with E-state index in [1.165, 1.54) is 6.07 Å². The fourth-order valence-electron chi connectivity index (χ4n) is 2.28. The second-order valence-corrected chi connectivity index (χ2v) is 4.84. The van der Waals surface area contributed by atoms with E-state index in [0.717, 1.165) is 25.3 Å². The third kappa shape index (κ3) is 2.78. The van der Waals surface area contributed by atoms with Crippen molar-refractivity contribution in [1.82, 2.24) is 0 Å². The Balaban J connectivity index is 2.51. The summed E-state index contributed by atoms with van der Waals surface area (Å²) in [5.74, 6) is -1.23. The number of halogens is 1. The predicted molar refractivity (Wildman–Crippen MR) is 71.1 cm³/mol. The summed E-state index contributed by atoms with van der Waals surface area (Å²) in [6.45, 7) is 1.40. The molecule has 2 rings (SSSR count). The third-order valence-corrected chi connectivity index (χ3v) is 3.45. The van der Waals surface area contributed by atoms with E-state index in [2.05, 4.69) is 0 Å². The first-order valence-electron chi connectivity index (χ1n) is 5.97. The van der Waals surface area contributed by atoms with Crippen LogP contribution < -0.4 is 4.90 Å². The molecule has 1 aliphatic heterocycles. The van der Waals surface area contributed by atoms with Crippen LogP contribution in [0.5, 0.6) is 0 Å². The molecule has 1 saturated heterocycles. The van der Waals surface area contributed by atoms with Crippen LogP contribution in [0.25, 0.3) is 0 Å². The molecule has 0 radical (unpaired) electrons. The molecule has 0 aromatic heterocycles. The Morgan fingerprint density at radius 3 is 2.47 bits per heavy atom. The van der Waals surface area contributed by atoms with Crippen molar-refractivity contribution in [3.63, 3.8) is 0 Å². The van der Waals surface area contributed by atoms with Crippen molar-refractivity contribution < 1.29 is 14.8 Å². The van der Waals surface area contributed by atoms with Crippen LogP contribution in [0.3, 0.4) is 0 Å². The van der Waals surface area contributed by atoms with Gasteiger partial charge in [-0.3, -0.25) is 10.1 Å². The molecule has 0 aliphatic carbocycles. The molecule has 1 aromatic rings. The van der Waals surface area contributed by atoms with Gasteiger partial charge in [0.15, 0.2) is 0 Å². The van der Waals surface area contributed by atoms with Gasteiger partial charge in [0.25, 0.3) is 5.69 Å². The summed E-state index contributed by atoms with van der Waals surface area (Å²) in [7, 11) is 0. The zero-order valence-corrected chi connectivity index (χ0v) is 10.9. The van der Waals surface area contributed by atoms with Crippen LogP contribution in [0, 0.1) is 10.1 Å². The van der Waals surface area contributed by atoms with Crippen molar-refractivity contribution in [3.05, 3.63) is 32.8 Å². The standard InChI is InChI=1S/C12H13ClN2O4/c13-9-6-8(12(16)17)7-10(15(18)19)11(9)14-4-2-1-3-5-14/h6-7H,1-5H2,(H,16,17). The smallest absolute Gasteiger partial charge is 0.335 e. The molecule has 1 N–H and O–H groups in total. The van der Waals surface area contributed by atoms with Gasteiger partial charge in [0, 0.05) is 19.2 Å². The van der Waals surface area contributed by atoms with Gasteiger partial charge in [0.05, 0.1) is 15.5 Å². The number of rotatable bonds is 3. The van der Waals surface area contributed by atoms with Crippen LogP contribution in [-0.2, 0) is 0 Å². The molecule has 6 nitrogen and oxygen atoms in total. The first kappa shape index (κ1) is 13.6. The number of nitro groups is 1. The van der Waals surface area contributed by atoms with Crippen molar-refractivity contribution in [2.24, 2.45) is 0 Å². The lowest BCUT2D eigenvalue weighted by Crippen LogP contribution is -2.30. The van der Waals surface area contributed by atoms with E-state index >= 15 is 0 Å². The molecule has 0 atom stereocenters. The molecule has 0 saturated carbocycles. The van der Waals surface area contributed by atoms with E-state index in [9.17, 15) is 14.9 Å².